The van der Waals surface area contributed by atoms with Crippen molar-refractivity contribution < 1.29 is 28.7 Å². The van der Waals surface area contributed by atoms with Gasteiger partial charge >= 0.3 is 5.97 Å². The molecule has 11 nitrogen and oxygen atoms in total. The van der Waals surface area contributed by atoms with E-state index in [4.69, 9.17) is 4.74 Å². The van der Waals surface area contributed by atoms with E-state index in [9.17, 15) is 24.0 Å². The maximum absolute atomic E-state index is 13.9. The zero-order valence-electron chi connectivity index (χ0n) is 28.4. The van der Waals surface area contributed by atoms with E-state index in [1.165, 1.54) is 4.90 Å². The molecular formula is C34H51N5O6. The molecule has 0 radical (unpaired) electrons. The summed E-state index contributed by atoms with van der Waals surface area (Å²) in [6.07, 6.45) is 4.52. The molecule has 0 saturated carbocycles. The van der Waals surface area contributed by atoms with E-state index in [-0.39, 0.29) is 37.8 Å². The minimum absolute atomic E-state index is 0.0932. The van der Waals surface area contributed by atoms with Crippen molar-refractivity contribution in [1.29, 1.82) is 0 Å². The third kappa shape index (κ3) is 9.26. The highest BCUT2D eigenvalue weighted by Crippen LogP contribution is 2.35. The molecule has 0 aliphatic rings. The molecule has 11 heteroatoms. The third-order valence-electron chi connectivity index (χ3n) is 8.12. The predicted molar refractivity (Wildman–Crippen MR) is 175 cm³/mol. The van der Waals surface area contributed by atoms with Gasteiger partial charge in [0.2, 0.25) is 17.7 Å². The SMILES string of the molecule is CCOC(=O)C(CCC=O)NC(=O)/C(C)=C/CN(C)C(=O)C(NC(=O)C(NC)C(C)(C)c1cn(C)c2ccccc12)C(C)(C)C. The summed E-state index contributed by atoms with van der Waals surface area (Å²) < 4.78 is 7.06. The Morgan fingerprint density at radius 3 is 2.27 bits per heavy atom. The average molecular weight is 626 g/mol. The number of hydrogen-bond donors (Lipinski definition) is 3. The van der Waals surface area contributed by atoms with Crippen LogP contribution in [-0.4, -0.2) is 84.8 Å². The molecule has 2 rings (SSSR count). The summed E-state index contributed by atoms with van der Waals surface area (Å²) in [6, 6.07) is 5.59. The molecule has 0 aliphatic heterocycles. The highest BCUT2D eigenvalue weighted by molar-refractivity contribution is 5.96. The predicted octanol–water partition coefficient (Wildman–Crippen LogP) is 3.01. The largest absolute Gasteiger partial charge is 0.464 e. The number of aldehydes is 1. The lowest BCUT2D eigenvalue weighted by molar-refractivity contribution is -0.147. The summed E-state index contributed by atoms with van der Waals surface area (Å²) >= 11 is 0. The summed E-state index contributed by atoms with van der Waals surface area (Å²) in [6.45, 7) is 13.2. The highest BCUT2D eigenvalue weighted by Gasteiger charge is 2.41. The van der Waals surface area contributed by atoms with Gasteiger partial charge in [0.05, 0.1) is 12.6 Å². The van der Waals surface area contributed by atoms with Gasteiger partial charge in [-0.05, 0) is 44.4 Å². The van der Waals surface area contributed by atoms with Crippen LogP contribution in [0.15, 0.2) is 42.1 Å². The number of nitrogens with zero attached hydrogens (tertiary/aromatic N) is 2. The van der Waals surface area contributed by atoms with Crippen molar-refractivity contribution in [1.82, 2.24) is 25.4 Å². The fraction of sp³-hybridized carbons (Fsp3) is 0.559. The lowest BCUT2D eigenvalue weighted by Gasteiger charge is -2.38. The van der Waals surface area contributed by atoms with Crippen molar-refractivity contribution in [2.45, 2.75) is 84.8 Å². The molecule has 0 spiro atoms. The number of carbonyl (C=O) groups is 5. The minimum Gasteiger partial charge on any atom is -0.464 e. The number of fused-ring (bicyclic) bond motifs is 1. The number of likely N-dealkylation sites (N-methyl/N-ethyl adjacent to an activating group) is 2. The van der Waals surface area contributed by atoms with Gasteiger partial charge in [0.25, 0.3) is 0 Å². The Morgan fingerprint density at radius 2 is 1.69 bits per heavy atom. The third-order valence-corrected chi connectivity index (χ3v) is 8.12. The van der Waals surface area contributed by atoms with E-state index in [0.29, 0.717) is 11.9 Å². The van der Waals surface area contributed by atoms with E-state index >= 15 is 0 Å². The molecule has 0 saturated heterocycles. The second kappa shape index (κ2) is 15.8. The molecule has 3 amide bonds. The molecule has 45 heavy (non-hydrogen) atoms. The fourth-order valence-electron chi connectivity index (χ4n) is 5.38. The van der Waals surface area contributed by atoms with E-state index < -0.39 is 40.8 Å². The number of nitrogens with one attached hydrogen (secondary N) is 3. The van der Waals surface area contributed by atoms with E-state index in [2.05, 4.69) is 16.0 Å². The summed E-state index contributed by atoms with van der Waals surface area (Å²) in [4.78, 5) is 64.9. The number of para-hydroxylation sites is 1. The number of rotatable bonds is 15. The Balaban J connectivity index is 2.21. The Bertz CT molecular complexity index is 1400. The number of benzene rings is 1. The van der Waals surface area contributed by atoms with Gasteiger partial charge in [0, 0.05) is 55.1 Å². The van der Waals surface area contributed by atoms with Crippen molar-refractivity contribution in [2.75, 3.05) is 27.2 Å². The molecule has 3 atom stereocenters. The fourth-order valence-corrected chi connectivity index (χ4v) is 5.38. The van der Waals surface area contributed by atoms with Gasteiger partial charge < -0.3 is 34.9 Å². The van der Waals surface area contributed by atoms with Gasteiger partial charge in [0.15, 0.2) is 0 Å². The molecule has 0 aliphatic carbocycles. The summed E-state index contributed by atoms with van der Waals surface area (Å²) in [5, 5.41) is 9.88. The maximum Gasteiger partial charge on any atom is 0.328 e. The Kier molecular flexibility index (Phi) is 13.1. The number of amides is 3. The first-order chi connectivity index (χ1) is 21.0. The lowest BCUT2D eigenvalue weighted by Crippen LogP contribution is -2.60. The van der Waals surface area contributed by atoms with Crippen molar-refractivity contribution in [3.8, 4) is 0 Å². The van der Waals surface area contributed by atoms with Gasteiger partial charge in [-0.1, -0.05) is 58.9 Å². The van der Waals surface area contributed by atoms with Crippen molar-refractivity contribution in [3.05, 3.63) is 47.7 Å². The quantitative estimate of drug-likeness (QED) is 0.157. The molecule has 0 bridgehead atoms. The van der Waals surface area contributed by atoms with Gasteiger partial charge in [-0.15, -0.1) is 0 Å². The second-order valence-electron chi connectivity index (χ2n) is 13.0. The van der Waals surface area contributed by atoms with Gasteiger partial charge in [-0.2, -0.15) is 0 Å². The van der Waals surface area contributed by atoms with Crippen LogP contribution < -0.4 is 16.0 Å². The number of aromatic nitrogens is 1. The van der Waals surface area contributed by atoms with Crippen LogP contribution in [0, 0.1) is 5.41 Å². The molecule has 1 aromatic heterocycles. The molecule has 3 N–H and O–H groups in total. The van der Waals surface area contributed by atoms with Crippen LogP contribution in [0.1, 0.15) is 66.9 Å². The first kappa shape index (κ1) is 37.2. The summed E-state index contributed by atoms with van der Waals surface area (Å²) in [5.74, 6) is -1.73. The van der Waals surface area contributed by atoms with Gasteiger partial charge in [-0.25, -0.2) is 4.79 Å². The van der Waals surface area contributed by atoms with Crippen LogP contribution >= 0.6 is 0 Å². The van der Waals surface area contributed by atoms with Crippen molar-refractivity contribution >= 4 is 40.9 Å². The molecule has 248 valence electrons. The van der Waals surface area contributed by atoms with Crippen molar-refractivity contribution in [3.63, 3.8) is 0 Å². The number of esters is 1. The minimum atomic E-state index is -0.955. The molecular weight excluding hydrogens is 574 g/mol. The molecule has 2 aromatic rings. The first-order valence-electron chi connectivity index (χ1n) is 15.4. The smallest absolute Gasteiger partial charge is 0.328 e. The molecule has 1 heterocycles. The van der Waals surface area contributed by atoms with Crippen LogP contribution in [0.5, 0.6) is 0 Å². The Morgan fingerprint density at radius 1 is 1.04 bits per heavy atom. The topological polar surface area (TPSA) is 139 Å². The van der Waals surface area contributed by atoms with Crippen LogP contribution in [0.2, 0.25) is 0 Å². The average Bonchev–Trinajstić information content (AvgIpc) is 3.33. The standard InChI is InChI=1S/C34H51N5O6/c1-11-45-32(44)25(16-14-20-40)36-29(41)22(2)18-19-38(9)31(43)28(33(3,4)5)37-30(42)27(35-8)34(6,7)24-21-39(10)26-17-13-12-15-23(24)26/h12-13,15,17-18,20-21,25,27-28,35H,11,14,16,19H2,1-10H3,(H,36,41)(H,37,42)/b22-18+. The van der Waals surface area contributed by atoms with Crippen LogP contribution in [0.25, 0.3) is 10.9 Å². The molecule has 1 aromatic carbocycles. The maximum atomic E-state index is 13.9. The van der Waals surface area contributed by atoms with Crippen LogP contribution in [0.4, 0.5) is 0 Å². The summed E-state index contributed by atoms with van der Waals surface area (Å²) in [5.41, 5.74) is 1.12. The first-order valence-corrected chi connectivity index (χ1v) is 15.4. The number of aryl methyl sites for hydroxylation is 1. The number of carbonyl (C=O) groups excluding carboxylic acids is 5. The highest BCUT2D eigenvalue weighted by atomic mass is 16.5. The Hall–Kier alpha value is -3.99. The monoisotopic (exact) mass is 625 g/mol. The number of ether oxygens (including phenoxy) is 1. The molecule has 0 fully saturated rings. The second-order valence-corrected chi connectivity index (χ2v) is 13.0. The molecule has 3 unspecified atom stereocenters. The normalized spacial score (nSPS) is 14.3. The Labute approximate surface area is 267 Å². The summed E-state index contributed by atoms with van der Waals surface area (Å²) in [7, 11) is 5.32. The van der Waals surface area contributed by atoms with Gasteiger partial charge in [-0.3, -0.25) is 14.4 Å². The van der Waals surface area contributed by atoms with Crippen molar-refractivity contribution in [2.24, 2.45) is 12.5 Å². The lowest BCUT2D eigenvalue weighted by atomic mass is 9.76. The van der Waals surface area contributed by atoms with Crippen LogP contribution in [-0.2, 0) is 41.2 Å². The van der Waals surface area contributed by atoms with E-state index in [0.717, 1.165) is 16.5 Å². The number of hydrogen-bond acceptors (Lipinski definition) is 7. The van der Waals surface area contributed by atoms with Crippen LogP contribution in [0.3, 0.4) is 0 Å². The zero-order chi connectivity index (χ0) is 34.1. The zero-order valence-corrected chi connectivity index (χ0v) is 28.4. The van der Waals surface area contributed by atoms with E-state index in [1.807, 2.05) is 76.7 Å². The van der Waals surface area contributed by atoms with Gasteiger partial charge in [0.1, 0.15) is 18.4 Å². The van der Waals surface area contributed by atoms with E-state index in [1.54, 1.807) is 34.0 Å².